The van der Waals surface area contributed by atoms with Gasteiger partial charge < -0.3 is 5.32 Å². The SMILES string of the molecule is CCCCCC(C1CC1)C1(CNC(=O)c2ccc(Cl)cc2Cl)CCC(S(=O)(=O)CC2CC2)CC1. The minimum atomic E-state index is -3.02. The van der Waals surface area contributed by atoms with E-state index in [1.807, 2.05) is 0 Å². The molecule has 4 rings (SSSR count). The molecular formula is C27H39Cl2NO3S. The van der Waals surface area contributed by atoms with Crippen molar-refractivity contribution in [1.29, 1.82) is 0 Å². The second-order valence-corrected chi connectivity index (χ2v) is 14.3. The molecular weight excluding hydrogens is 489 g/mol. The number of halogens is 2. The van der Waals surface area contributed by atoms with Crippen LogP contribution < -0.4 is 5.32 Å². The lowest BCUT2D eigenvalue weighted by atomic mass is 9.62. The quantitative estimate of drug-likeness (QED) is 0.295. The van der Waals surface area contributed by atoms with Gasteiger partial charge in [0, 0.05) is 11.6 Å². The fourth-order valence-electron chi connectivity index (χ4n) is 6.13. The van der Waals surface area contributed by atoms with E-state index in [-0.39, 0.29) is 16.6 Å². The molecule has 0 aromatic heterocycles. The summed E-state index contributed by atoms with van der Waals surface area (Å²) in [6.45, 7) is 2.82. The lowest BCUT2D eigenvalue weighted by molar-refractivity contribution is 0.0636. The molecule has 0 aliphatic heterocycles. The summed E-state index contributed by atoms with van der Waals surface area (Å²) in [4.78, 5) is 13.0. The Bertz CT molecular complexity index is 964. The summed E-state index contributed by atoms with van der Waals surface area (Å²) in [5.74, 6) is 1.86. The molecule has 7 heteroatoms. The van der Waals surface area contributed by atoms with Gasteiger partial charge in [-0.15, -0.1) is 0 Å². The molecule has 3 fully saturated rings. The van der Waals surface area contributed by atoms with Crippen molar-refractivity contribution < 1.29 is 13.2 Å². The van der Waals surface area contributed by atoms with Crippen LogP contribution in [-0.4, -0.2) is 31.9 Å². The summed E-state index contributed by atoms with van der Waals surface area (Å²) in [6, 6.07) is 4.96. The Balaban J connectivity index is 1.49. The lowest BCUT2D eigenvalue weighted by Crippen LogP contribution is -2.47. The van der Waals surface area contributed by atoms with E-state index in [2.05, 4.69) is 12.2 Å². The third kappa shape index (κ3) is 6.50. The number of carbonyl (C=O) groups excluding carboxylic acids is 1. The zero-order valence-electron chi connectivity index (χ0n) is 20.3. The highest BCUT2D eigenvalue weighted by molar-refractivity contribution is 7.92. The monoisotopic (exact) mass is 527 g/mol. The topological polar surface area (TPSA) is 63.2 Å². The fraction of sp³-hybridized carbons (Fsp3) is 0.741. The van der Waals surface area contributed by atoms with Gasteiger partial charge in [-0.2, -0.15) is 0 Å². The van der Waals surface area contributed by atoms with Gasteiger partial charge in [-0.1, -0.05) is 49.4 Å². The zero-order valence-corrected chi connectivity index (χ0v) is 22.7. The minimum Gasteiger partial charge on any atom is -0.351 e. The van der Waals surface area contributed by atoms with Gasteiger partial charge in [0.2, 0.25) is 0 Å². The van der Waals surface area contributed by atoms with E-state index >= 15 is 0 Å². The Morgan fingerprint density at radius 3 is 2.38 bits per heavy atom. The maximum Gasteiger partial charge on any atom is 0.252 e. The van der Waals surface area contributed by atoms with E-state index in [4.69, 9.17) is 23.2 Å². The number of sulfone groups is 1. The summed E-state index contributed by atoms with van der Waals surface area (Å²) in [6.07, 6.45) is 12.7. The van der Waals surface area contributed by atoms with Crippen molar-refractivity contribution in [2.75, 3.05) is 12.3 Å². The van der Waals surface area contributed by atoms with Crippen LogP contribution in [0, 0.1) is 23.2 Å². The van der Waals surface area contributed by atoms with Crippen LogP contribution in [0.15, 0.2) is 18.2 Å². The molecule has 3 aliphatic carbocycles. The first-order chi connectivity index (χ1) is 16.2. The van der Waals surface area contributed by atoms with Gasteiger partial charge in [-0.3, -0.25) is 4.79 Å². The van der Waals surface area contributed by atoms with E-state index in [1.54, 1.807) is 18.2 Å². The number of amides is 1. The highest BCUT2D eigenvalue weighted by Crippen LogP contribution is 2.54. The Kier molecular flexibility index (Phi) is 8.57. The first kappa shape index (κ1) is 26.3. The number of rotatable bonds is 12. The molecule has 1 amide bonds. The van der Waals surface area contributed by atoms with E-state index in [1.165, 1.54) is 38.5 Å². The average molecular weight is 529 g/mol. The first-order valence-corrected chi connectivity index (χ1v) is 15.7. The molecule has 34 heavy (non-hydrogen) atoms. The normalized spacial score (nSPS) is 26.3. The maximum absolute atomic E-state index is 13.0. The fourth-order valence-corrected chi connectivity index (χ4v) is 8.84. The predicted octanol–water partition coefficient (Wildman–Crippen LogP) is 7.08. The molecule has 190 valence electrons. The van der Waals surface area contributed by atoms with Crippen LogP contribution in [0.4, 0.5) is 0 Å². The number of carbonyl (C=O) groups is 1. The van der Waals surface area contributed by atoms with E-state index in [0.29, 0.717) is 45.7 Å². The van der Waals surface area contributed by atoms with Crippen LogP contribution in [0.1, 0.15) is 94.3 Å². The van der Waals surface area contributed by atoms with Crippen LogP contribution in [0.3, 0.4) is 0 Å². The molecule has 3 aliphatic rings. The molecule has 0 heterocycles. The van der Waals surface area contributed by atoms with Gasteiger partial charge in [-0.05, 0) is 99.2 Å². The number of unbranched alkanes of at least 4 members (excludes halogenated alkanes) is 2. The third-order valence-corrected chi connectivity index (χ3v) is 11.4. The van der Waals surface area contributed by atoms with Gasteiger partial charge >= 0.3 is 0 Å². The van der Waals surface area contributed by atoms with Crippen molar-refractivity contribution in [1.82, 2.24) is 5.32 Å². The lowest BCUT2D eigenvalue weighted by Gasteiger charge is -2.46. The first-order valence-electron chi connectivity index (χ1n) is 13.2. The third-order valence-electron chi connectivity index (χ3n) is 8.47. The van der Waals surface area contributed by atoms with Crippen molar-refractivity contribution in [2.45, 2.75) is 89.2 Å². The molecule has 1 unspecified atom stereocenters. The molecule has 1 atom stereocenters. The van der Waals surface area contributed by atoms with Gasteiger partial charge in [0.1, 0.15) is 0 Å². The van der Waals surface area contributed by atoms with Crippen molar-refractivity contribution in [3.05, 3.63) is 33.8 Å². The highest BCUT2D eigenvalue weighted by atomic mass is 35.5. The summed E-state index contributed by atoms with van der Waals surface area (Å²) in [5.41, 5.74) is 0.408. The smallest absolute Gasteiger partial charge is 0.252 e. The van der Waals surface area contributed by atoms with Crippen LogP contribution in [0.2, 0.25) is 10.0 Å². The molecule has 0 saturated heterocycles. The zero-order chi connectivity index (χ0) is 24.3. The second-order valence-electron chi connectivity index (χ2n) is 11.1. The van der Waals surface area contributed by atoms with Gasteiger partial charge in [0.25, 0.3) is 5.91 Å². The van der Waals surface area contributed by atoms with Gasteiger partial charge in [0.15, 0.2) is 9.84 Å². The summed E-state index contributed by atoms with van der Waals surface area (Å²) in [5, 5.41) is 3.86. The van der Waals surface area contributed by atoms with Gasteiger partial charge in [-0.25, -0.2) is 8.42 Å². The highest BCUT2D eigenvalue weighted by Gasteiger charge is 2.49. The van der Waals surface area contributed by atoms with E-state index in [9.17, 15) is 13.2 Å². The summed E-state index contributed by atoms with van der Waals surface area (Å²) < 4.78 is 26.0. The van der Waals surface area contributed by atoms with Crippen LogP contribution in [-0.2, 0) is 9.84 Å². The Hall–Kier alpha value is -0.780. The second kappa shape index (κ2) is 11.1. The van der Waals surface area contributed by atoms with Crippen LogP contribution in [0.5, 0.6) is 0 Å². The van der Waals surface area contributed by atoms with Crippen molar-refractivity contribution in [3.63, 3.8) is 0 Å². The molecule has 3 saturated carbocycles. The summed E-state index contributed by atoms with van der Waals surface area (Å²) >= 11 is 12.3. The van der Waals surface area contributed by atoms with Crippen molar-refractivity contribution in [3.8, 4) is 0 Å². The molecule has 1 aromatic rings. The Morgan fingerprint density at radius 1 is 1.09 bits per heavy atom. The Labute approximate surface area is 215 Å². The molecule has 0 bridgehead atoms. The van der Waals surface area contributed by atoms with E-state index < -0.39 is 9.84 Å². The minimum absolute atomic E-state index is 0.0327. The number of nitrogens with one attached hydrogen (secondary N) is 1. The average Bonchev–Trinajstić information content (AvgIpc) is 3.71. The van der Waals surface area contributed by atoms with Crippen molar-refractivity contribution >= 4 is 38.9 Å². The largest absolute Gasteiger partial charge is 0.351 e. The standard InChI is InChI=1S/C27H39Cl2NO3S/c1-2-3-4-5-24(20-8-9-20)27(18-30-26(31)23-11-10-21(28)16-25(23)29)14-12-22(13-15-27)34(32,33)17-19-6-7-19/h10-11,16,19-20,22,24H,2-9,12-15,17-18H2,1H3,(H,30,31). The molecule has 1 aromatic carbocycles. The molecule has 4 nitrogen and oxygen atoms in total. The number of hydrogen-bond donors (Lipinski definition) is 1. The molecule has 1 N–H and O–H groups in total. The summed E-state index contributed by atoms with van der Waals surface area (Å²) in [7, 11) is -3.02. The number of hydrogen-bond acceptors (Lipinski definition) is 3. The van der Waals surface area contributed by atoms with Crippen LogP contribution >= 0.6 is 23.2 Å². The molecule has 0 spiro atoms. The van der Waals surface area contributed by atoms with Gasteiger partial charge in [0.05, 0.1) is 21.6 Å². The Morgan fingerprint density at radius 2 is 1.79 bits per heavy atom. The number of benzene rings is 1. The maximum atomic E-state index is 13.0. The van der Waals surface area contributed by atoms with Crippen molar-refractivity contribution in [2.24, 2.45) is 23.2 Å². The predicted molar refractivity (Wildman–Crippen MR) is 140 cm³/mol. The van der Waals surface area contributed by atoms with Crippen LogP contribution in [0.25, 0.3) is 0 Å². The molecule has 0 radical (unpaired) electrons. The van der Waals surface area contributed by atoms with E-state index in [0.717, 1.165) is 38.5 Å².